The first-order valence-corrected chi connectivity index (χ1v) is 6.45. The molecule has 2 nitrogen and oxygen atoms in total. The Bertz CT molecular complexity index is 491. The lowest BCUT2D eigenvalue weighted by molar-refractivity contribution is 0.628. The van der Waals surface area contributed by atoms with Gasteiger partial charge in [0, 0.05) is 17.0 Å². The van der Waals surface area contributed by atoms with Crippen molar-refractivity contribution >= 4 is 11.3 Å². The molecular weight excluding hydrogens is 235 g/mol. The molecule has 0 saturated heterocycles. The molecule has 1 heterocycles. The maximum Gasteiger partial charge on any atom is 0.123 e. The van der Waals surface area contributed by atoms with Gasteiger partial charge in [0.2, 0.25) is 0 Å². The summed E-state index contributed by atoms with van der Waals surface area (Å²) in [4.78, 5) is 5.86. The van der Waals surface area contributed by atoms with E-state index < -0.39 is 0 Å². The molecule has 4 heteroatoms. The molecular formula is C13H15FN2S. The first kappa shape index (κ1) is 12.2. The highest BCUT2D eigenvalue weighted by atomic mass is 32.1. The molecule has 0 amide bonds. The van der Waals surface area contributed by atoms with Crippen LogP contribution in [0, 0.1) is 5.82 Å². The second-order valence-corrected chi connectivity index (χ2v) is 4.86. The van der Waals surface area contributed by atoms with Crippen LogP contribution in [0.2, 0.25) is 0 Å². The number of rotatable bonds is 4. The van der Waals surface area contributed by atoms with Gasteiger partial charge in [-0.1, -0.05) is 6.92 Å². The van der Waals surface area contributed by atoms with Crippen LogP contribution in [0.3, 0.4) is 0 Å². The Morgan fingerprint density at radius 3 is 2.59 bits per heavy atom. The molecule has 0 bridgehead atoms. The van der Waals surface area contributed by atoms with Crippen LogP contribution in [-0.2, 0) is 13.0 Å². The number of aryl methyl sites for hydroxylation is 1. The molecule has 0 aliphatic heterocycles. The second-order valence-electron chi connectivity index (χ2n) is 3.78. The summed E-state index contributed by atoms with van der Waals surface area (Å²) in [5.41, 5.74) is 2.11. The van der Waals surface area contributed by atoms with Gasteiger partial charge in [-0.25, -0.2) is 9.37 Å². The molecule has 1 N–H and O–H groups in total. The van der Waals surface area contributed by atoms with Gasteiger partial charge in [0.1, 0.15) is 10.8 Å². The third kappa shape index (κ3) is 2.70. The average molecular weight is 250 g/mol. The number of aromatic nitrogens is 1. The van der Waals surface area contributed by atoms with Crippen LogP contribution in [-0.4, -0.2) is 12.0 Å². The summed E-state index contributed by atoms with van der Waals surface area (Å²) in [6.45, 7) is 2.94. The molecule has 17 heavy (non-hydrogen) atoms. The van der Waals surface area contributed by atoms with Gasteiger partial charge < -0.3 is 5.32 Å². The maximum atomic E-state index is 12.8. The molecule has 90 valence electrons. The zero-order valence-electron chi connectivity index (χ0n) is 9.96. The Kier molecular flexibility index (Phi) is 3.86. The third-order valence-corrected chi connectivity index (χ3v) is 3.69. The lowest BCUT2D eigenvalue weighted by Crippen LogP contribution is -2.05. The number of benzene rings is 1. The molecule has 0 spiro atoms. The first-order chi connectivity index (χ1) is 8.24. The fourth-order valence-electron chi connectivity index (χ4n) is 1.67. The highest BCUT2D eigenvalue weighted by Gasteiger charge is 2.10. The zero-order valence-corrected chi connectivity index (χ0v) is 10.8. The molecule has 0 unspecified atom stereocenters. The minimum atomic E-state index is -0.212. The van der Waals surface area contributed by atoms with Crippen LogP contribution in [0.5, 0.6) is 0 Å². The van der Waals surface area contributed by atoms with Gasteiger partial charge in [0.25, 0.3) is 0 Å². The standard InChI is InChI=1S/C13H15FN2S/c1-3-11-12(8-15-2)17-13(16-11)9-4-6-10(14)7-5-9/h4-7,15H,3,8H2,1-2H3. The van der Waals surface area contributed by atoms with Crippen LogP contribution in [0.25, 0.3) is 10.6 Å². The van der Waals surface area contributed by atoms with E-state index in [-0.39, 0.29) is 5.82 Å². The molecule has 0 atom stereocenters. The molecule has 0 radical (unpaired) electrons. The van der Waals surface area contributed by atoms with Gasteiger partial charge in [-0.3, -0.25) is 0 Å². The van der Waals surface area contributed by atoms with Crippen molar-refractivity contribution in [3.8, 4) is 10.6 Å². The minimum absolute atomic E-state index is 0.212. The van der Waals surface area contributed by atoms with E-state index in [0.29, 0.717) is 0 Å². The van der Waals surface area contributed by atoms with Gasteiger partial charge in [0.05, 0.1) is 5.69 Å². The van der Waals surface area contributed by atoms with Crippen molar-refractivity contribution < 1.29 is 4.39 Å². The van der Waals surface area contributed by atoms with Gasteiger partial charge in [0.15, 0.2) is 0 Å². The number of nitrogens with one attached hydrogen (secondary N) is 1. The van der Waals surface area contributed by atoms with Crippen molar-refractivity contribution in [3.63, 3.8) is 0 Å². The monoisotopic (exact) mass is 250 g/mol. The summed E-state index contributed by atoms with van der Waals surface area (Å²) in [5.74, 6) is -0.212. The largest absolute Gasteiger partial charge is 0.315 e. The van der Waals surface area contributed by atoms with Gasteiger partial charge in [-0.2, -0.15) is 0 Å². The molecule has 1 aromatic carbocycles. The summed E-state index contributed by atoms with van der Waals surface area (Å²) >= 11 is 1.67. The lowest BCUT2D eigenvalue weighted by atomic mass is 10.2. The van der Waals surface area contributed by atoms with E-state index in [4.69, 9.17) is 0 Å². The molecule has 0 aliphatic carbocycles. The first-order valence-electron chi connectivity index (χ1n) is 5.63. The fraction of sp³-hybridized carbons (Fsp3) is 0.308. The van der Waals surface area contributed by atoms with Crippen molar-refractivity contribution in [2.45, 2.75) is 19.9 Å². The van der Waals surface area contributed by atoms with E-state index in [1.807, 2.05) is 7.05 Å². The Labute approximate surface area is 105 Å². The van der Waals surface area contributed by atoms with Crippen molar-refractivity contribution in [2.75, 3.05) is 7.05 Å². The Balaban J connectivity index is 2.35. The molecule has 1 aromatic heterocycles. The second kappa shape index (κ2) is 5.38. The van der Waals surface area contributed by atoms with E-state index in [1.165, 1.54) is 17.0 Å². The molecule has 0 fully saturated rings. The predicted molar refractivity (Wildman–Crippen MR) is 69.6 cm³/mol. The van der Waals surface area contributed by atoms with Crippen LogP contribution in [0.4, 0.5) is 4.39 Å². The Hall–Kier alpha value is -1.26. The fourth-order valence-corrected chi connectivity index (χ4v) is 2.84. The number of nitrogens with zero attached hydrogens (tertiary/aromatic N) is 1. The quantitative estimate of drug-likeness (QED) is 0.901. The third-order valence-electron chi connectivity index (χ3n) is 2.54. The van der Waals surface area contributed by atoms with E-state index in [2.05, 4.69) is 17.2 Å². The summed E-state index contributed by atoms with van der Waals surface area (Å²) in [5, 5.41) is 4.11. The molecule has 0 saturated carbocycles. The molecule has 2 rings (SSSR count). The topological polar surface area (TPSA) is 24.9 Å². The van der Waals surface area contributed by atoms with Gasteiger partial charge in [-0.15, -0.1) is 11.3 Å². The van der Waals surface area contributed by atoms with E-state index >= 15 is 0 Å². The van der Waals surface area contributed by atoms with Crippen LogP contribution in [0.15, 0.2) is 24.3 Å². The predicted octanol–water partition coefficient (Wildman–Crippen LogP) is 3.23. The van der Waals surface area contributed by atoms with Crippen LogP contribution >= 0.6 is 11.3 Å². The van der Waals surface area contributed by atoms with E-state index in [9.17, 15) is 4.39 Å². The normalized spacial score (nSPS) is 10.8. The van der Waals surface area contributed by atoms with E-state index in [1.54, 1.807) is 23.5 Å². The van der Waals surface area contributed by atoms with Crippen LogP contribution in [0.1, 0.15) is 17.5 Å². The van der Waals surface area contributed by atoms with Crippen molar-refractivity contribution in [1.29, 1.82) is 0 Å². The molecule has 2 aromatic rings. The molecule has 0 aliphatic rings. The number of hydrogen-bond acceptors (Lipinski definition) is 3. The average Bonchev–Trinajstić information content (AvgIpc) is 2.74. The smallest absolute Gasteiger partial charge is 0.123 e. The Morgan fingerprint density at radius 1 is 1.29 bits per heavy atom. The van der Waals surface area contributed by atoms with Gasteiger partial charge in [-0.05, 0) is 37.7 Å². The SMILES string of the molecule is CCc1nc(-c2ccc(F)cc2)sc1CNC. The minimum Gasteiger partial charge on any atom is -0.315 e. The number of halogens is 1. The van der Waals surface area contributed by atoms with Crippen LogP contribution < -0.4 is 5.32 Å². The lowest BCUT2D eigenvalue weighted by Gasteiger charge is -1.96. The number of hydrogen-bond donors (Lipinski definition) is 1. The highest BCUT2D eigenvalue weighted by Crippen LogP contribution is 2.28. The summed E-state index contributed by atoms with van der Waals surface area (Å²) in [6, 6.07) is 6.49. The van der Waals surface area contributed by atoms with Crippen molar-refractivity contribution in [3.05, 3.63) is 40.7 Å². The highest BCUT2D eigenvalue weighted by molar-refractivity contribution is 7.15. The summed E-state index contributed by atoms with van der Waals surface area (Å²) < 4.78 is 12.8. The zero-order chi connectivity index (χ0) is 12.3. The summed E-state index contributed by atoms with van der Waals surface area (Å²) in [6.07, 6.45) is 0.925. The number of thiazole rings is 1. The van der Waals surface area contributed by atoms with E-state index in [0.717, 1.165) is 29.2 Å². The maximum absolute atomic E-state index is 12.8. The van der Waals surface area contributed by atoms with Gasteiger partial charge >= 0.3 is 0 Å². The van der Waals surface area contributed by atoms with Crippen molar-refractivity contribution in [2.24, 2.45) is 0 Å². The van der Waals surface area contributed by atoms with Crippen molar-refractivity contribution in [1.82, 2.24) is 10.3 Å². The Morgan fingerprint density at radius 2 is 2.00 bits per heavy atom. The summed E-state index contributed by atoms with van der Waals surface area (Å²) in [7, 11) is 1.93.